The number of nitrogens with zero attached hydrogens (tertiary/aromatic N) is 1. The number of carbonyl (C=O) groups excluding carboxylic acids is 1. The van der Waals surface area contributed by atoms with Gasteiger partial charge in [0.2, 0.25) is 10.0 Å². The minimum absolute atomic E-state index is 0.0916. The van der Waals surface area contributed by atoms with E-state index >= 15 is 0 Å². The molecule has 0 aliphatic carbocycles. The van der Waals surface area contributed by atoms with Crippen LogP contribution in [-0.2, 0) is 19.6 Å². The SMILES string of the molecule is CS(=O)(=O)N1CCCC(CC(=O)COC2CCNCC2)C1. The van der Waals surface area contributed by atoms with Gasteiger partial charge in [0, 0.05) is 19.5 Å². The van der Waals surface area contributed by atoms with Crippen LogP contribution < -0.4 is 5.32 Å². The molecule has 2 aliphatic heterocycles. The number of rotatable bonds is 6. The Morgan fingerprint density at radius 1 is 1.29 bits per heavy atom. The summed E-state index contributed by atoms with van der Waals surface area (Å²) in [6.45, 7) is 3.11. The molecule has 0 bridgehead atoms. The van der Waals surface area contributed by atoms with E-state index in [0.29, 0.717) is 19.5 Å². The van der Waals surface area contributed by atoms with Crippen molar-refractivity contribution in [1.29, 1.82) is 0 Å². The van der Waals surface area contributed by atoms with Crippen molar-refractivity contribution in [2.45, 2.75) is 38.2 Å². The quantitative estimate of drug-likeness (QED) is 0.766. The van der Waals surface area contributed by atoms with Gasteiger partial charge in [-0.25, -0.2) is 12.7 Å². The molecule has 0 aromatic carbocycles. The first-order valence-electron chi connectivity index (χ1n) is 7.74. The number of carbonyl (C=O) groups is 1. The van der Waals surface area contributed by atoms with Crippen LogP contribution in [0.1, 0.15) is 32.1 Å². The number of ether oxygens (including phenoxy) is 1. The Morgan fingerprint density at radius 2 is 2.00 bits per heavy atom. The molecule has 0 aromatic rings. The maximum atomic E-state index is 12.0. The molecule has 2 heterocycles. The fraction of sp³-hybridized carbons (Fsp3) is 0.929. The summed E-state index contributed by atoms with van der Waals surface area (Å²) in [4.78, 5) is 12.0. The first-order chi connectivity index (χ1) is 9.95. The molecule has 0 amide bonds. The van der Waals surface area contributed by atoms with Crippen LogP contribution in [0.5, 0.6) is 0 Å². The van der Waals surface area contributed by atoms with Gasteiger partial charge in [0.1, 0.15) is 6.61 Å². The Bertz CT molecular complexity index is 446. The Hall–Kier alpha value is -0.500. The minimum Gasteiger partial charge on any atom is -0.370 e. The van der Waals surface area contributed by atoms with E-state index in [0.717, 1.165) is 38.8 Å². The van der Waals surface area contributed by atoms with Gasteiger partial charge in [-0.15, -0.1) is 0 Å². The summed E-state index contributed by atoms with van der Waals surface area (Å²) >= 11 is 0. The fourth-order valence-electron chi connectivity index (χ4n) is 3.05. The fourth-order valence-corrected chi connectivity index (χ4v) is 3.99. The summed E-state index contributed by atoms with van der Waals surface area (Å²) in [5.41, 5.74) is 0. The van der Waals surface area contributed by atoms with E-state index < -0.39 is 10.0 Å². The van der Waals surface area contributed by atoms with Gasteiger partial charge in [0.15, 0.2) is 5.78 Å². The van der Waals surface area contributed by atoms with Crippen LogP contribution in [0, 0.1) is 5.92 Å². The van der Waals surface area contributed by atoms with Gasteiger partial charge in [0.25, 0.3) is 0 Å². The zero-order valence-electron chi connectivity index (χ0n) is 12.7. The van der Waals surface area contributed by atoms with Crippen molar-refractivity contribution in [3.05, 3.63) is 0 Å². The van der Waals surface area contributed by atoms with Crippen LogP contribution in [0.25, 0.3) is 0 Å². The third-order valence-corrected chi connectivity index (χ3v) is 5.50. The van der Waals surface area contributed by atoms with Crippen molar-refractivity contribution in [2.75, 3.05) is 39.0 Å². The molecule has 2 aliphatic rings. The van der Waals surface area contributed by atoms with E-state index in [-0.39, 0.29) is 24.4 Å². The molecule has 0 aromatic heterocycles. The van der Waals surface area contributed by atoms with Crippen LogP contribution in [0.3, 0.4) is 0 Å². The average molecular weight is 318 g/mol. The molecule has 1 N–H and O–H groups in total. The number of hydrogen-bond donors (Lipinski definition) is 1. The Morgan fingerprint density at radius 3 is 2.67 bits per heavy atom. The molecule has 1 atom stereocenters. The lowest BCUT2D eigenvalue weighted by Crippen LogP contribution is -2.40. The number of hydrogen-bond acceptors (Lipinski definition) is 5. The molecule has 7 heteroatoms. The van der Waals surface area contributed by atoms with E-state index in [9.17, 15) is 13.2 Å². The second-order valence-corrected chi connectivity index (χ2v) is 8.11. The molecular weight excluding hydrogens is 292 g/mol. The van der Waals surface area contributed by atoms with E-state index in [1.54, 1.807) is 0 Å². The van der Waals surface area contributed by atoms with E-state index in [1.807, 2.05) is 0 Å². The number of sulfonamides is 1. The molecule has 0 spiro atoms. The highest BCUT2D eigenvalue weighted by Crippen LogP contribution is 2.22. The lowest BCUT2D eigenvalue weighted by atomic mass is 9.94. The highest BCUT2D eigenvalue weighted by molar-refractivity contribution is 7.88. The van der Waals surface area contributed by atoms with Gasteiger partial charge in [-0.1, -0.05) is 0 Å². The van der Waals surface area contributed by atoms with Crippen LogP contribution in [0.2, 0.25) is 0 Å². The summed E-state index contributed by atoms with van der Waals surface area (Å²) in [5.74, 6) is 0.228. The zero-order chi connectivity index (χ0) is 15.3. The molecule has 122 valence electrons. The van der Waals surface area contributed by atoms with Gasteiger partial charge < -0.3 is 10.1 Å². The summed E-state index contributed by atoms with van der Waals surface area (Å²) in [6, 6.07) is 0. The van der Waals surface area contributed by atoms with Gasteiger partial charge >= 0.3 is 0 Å². The lowest BCUT2D eigenvalue weighted by molar-refractivity contribution is -0.127. The lowest BCUT2D eigenvalue weighted by Gasteiger charge is -2.30. The smallest absolute Gasteiger partial charge is 0.211 e. The van der Waals surface area contributed by atoms with Gasteiger partial charge in [0.05, 0.1) is 12.4 Å². The second-order valence-electron chi connectivity index (χ2n) is 6.13. The standard InChI is InChI=1S/C14H26N2O4S/c1-21(18,19)16-8-2-3-12(10-16)9-13(17)11-20-14-4-6-15-7-5-14/h12,14-15H,2-11H2,1H3. The molecule has 2 fully saturated rings. The Kier molecular flexibility index (Phi) is 6.16. The first kappa shape index (κ1) is 16.9. The van der Waals surface area contributed by atoms with Crippen molar-refractivity contribution >= 4 is 15.8 Å². The number of piperidine rings is 2. The van der Waals surface area contributed by atoms with Crippen LogP contribution in [-0.4, -0.2) is 63.7 Å². The van der Waals surface area contributed by atoms with Gasteiger partial charge in [-0.3, -0.25) is 4.79 Å². The summed E-state index contributed by atoms with van der Waals surface area (Å²) in [7, 11) is -3.14. The van der Waals surface area contributed by atoms with Crippen molar-refractivity contribution in [3.63, 3.8) is 0 Å². The molecule has 0 radical (unpaired) electrons. The molecule has 21 heavy (non-hydrogen) atoms. The number of ketones is 1. The zero-order valence-corrected chi connectivity index (χ0v) is 13.5. The number of nitrogens with one attached hydrogen (secondary N) is 1. The van der Waals surface area contributed by atoms with Crippen molar-refractivity contribution in [3.8, 4) is 0 Å². The highest BCUT2D eigenvalue weighted by Gasteiger charge is 2.27. The average Bonchev–Trinajstić information content (AvgIpc) is 2.46. The van der Waals surface area contributed by atoms with Crippen molar-refractivity contribution in [1.82, 2.24) is 9.62 Å². The van der Waals surface area contributed by atoms with Crippen molar-refractivity contribution < 1.29 is 17.9 Å². The summed E-state index contributed by atoms with van der Waals surface area (Å²) < 4.78 is 30.3. The molecular formula is C14H26N2O4S. The monoisotopic (exact) mass is 318 g/mol. The predicted molar refractivity (Wildman–Crippen MR) is 80.6 cm³/mol. The van der Waals surface area contributed by atoms with Gasteiger partial charge in [-0.2, -0.15) is 0 Å². The topological polar surface area (TPSA) is 75.7 Å². The molecule has 6 nitrogen and oxygen atoms in total. The normalized spacial score (nSPS) is 25.9. The van der Waals surface area contributed by atoms with Crippen molar-refractivity contribution in [2.24, 2.45) is 5.92 Å². The first-order valence-corrected chi connectivity index (χ1v) is 9.59. The minimum atomic E-state index is -3.14. The third kappa shape index (κ3) is 5.65. The van der Waals surface area contributed by atoms with E-state index in [2.05, 4.69) is 5.32 Å². The second kappa shape index (κ2) is 7.67. The molecule has 2 rings (SSSR count). The summed E-state index contributed by atoms with van der Waals surface area (Å²) in [5, 5.41) is 3.26. The largest absolute Gasteiger partial charge is 0.370 e. The molecule has 1 unspecified atom stereocenters. The van der Waals surface area contributed by atoms with E-state index in [1.165, 1.54) is 10.6 Å². The third-order valence-electron chi connectivity index (χ3n) is 4.23. The molecule has 2 saturated heterocycles. The van der Waals surface area contributed by atoms with Crippen LogP contribution in [0.15, 0.2) is 0 Å². The van der Waals surface area contributed by atoms with Gasteiger partial charge in [-0.05, 0) is 44.7 Å². The summed E-state index contributed by atoms with van der Waals surface area (Å²) in [6.07, 6.45) is 5.52. The highest BCUT2D eigenvalue weighted by atomic mass is 32.2. The maximum Gasteiger partial charge on any atom is 0.211 e. The van der Waals surface area contributed by atoms with Crippen LogP contribution in [0.4, 0.5) is 0 Å². The van der Waals surface area contributed by atoms with E-state index in [4.69, 9.17) is 4.74 Å². The Labute approximate surface area is 127 Å². The Balaban J connectivity index is 1.71. The number of Topliss-reactive ketones (excluding diaryl/α,β-unsaturated/α-hetero) is 1. The molecule has 0 saturated carbocycles. The van der Waals surface area contributed by atoms with Crippen LogP contribution >= 0.6 is 0 Å². The maximum absolute atomic E-state index is 12.0. The predicted octanol–water partition coefficient (Wildman–Crippen LogP) is 0.386.